The second-order valence-electron chi connectivity index (χ2n) is 2.94. The van der Waals surface area contributed by atoms with Gasteiger partial charge in [0.1, 0.15) is 0 Å². The van der Waals surface area contributed by atoms with Crippen LogP contribution in [0.2, 0.25) is 0 Å². The van der Waals surface area contributed by atoms with Crippen LogP contribution in [0.5, 0.6) is 0 Å². The molecule has 0 aromatic heterocycles. The Morgan fingerprint density at radius 2 is 2.00 bits per heavy atom. The van der Waals surface area contributed by atoms with Crippen LogP contribution in [0.1, 0.15) is 33.1 Å². The van der Waals surface area contributed by atoms with Gasteiger partial charge in [0.2, 0.25) is 0 Å². The number of rotatable bonds is 7. The minimum Gasteiger partial charge on any atom is -0.304 e. The predicted octanol–water partition coefficient (Wildman–Crippen LogP) is 2.98. The molecule has 0 fully saturated rings. The molecule has 0 spiro atoms. The van der Waals surface area contributed by atoms with Gasteiger partial charge in [-0.05, 0) is 38.9 Å². The van der Waals surface area contributed by atoms with Crippen molar-refractivity contribution in [2.24, 2.45) is 0 Å². The second kappa shape index (κ2) is 8.72. The molecular formula is C10H20FN. The van der Waals surface area contributed by atoms with Crippen LogP contribution in [0.4, 0.5) is 4.39 Å². The zero-order chi connectivity index (χ0) is 9.23. The molecule has 0 aliphatic heterocycles. The van der Waals surface area contributed by atoms with Crippen LogP contribution in [0.25, 0.3) is 0 Å². The average molecular weight is 173 g/mol. The lowest BCUT2D eigenvalue weighted by molar-refractivity contribution is 0.286. The summed E-state index contributed by atoms with van der Waals surface area (Å²) < 4.78 is 11.6. The van der Waals surface area contributed by atoms with Gasteiger partial charge in [0, 0.05) is 0 Å². The fraction of sp³-hybridized carbons (Fsp3) is 0.800. The van der Waals surface area contributed by atoms with E-state index in [1.54, 1.807) is 6.08 Å². The van der Waals surface area contributed by atoms with Gasteiger partial charge in [-0.2, -0.15) is 0 Å². The minimum absolute atomic E-state index is 0.635. The molecule has 0 rings (SSSR count). The summed E-state index contributed by atoms with van der Waals surface area (Å²) >= 11 is 0. The van der Waals surface area contributed by atoms with Gasteiger partial charge >= 0.3 is 0 Å². The average Bonchev–Trinajstić information content (AvgIpc) is 2.10. The van der Waals surface area contributed by atoms with Crippen LogP contribution < -0.4 is 0 Å². The summed E-state index contributed by atoms with van der Waals surface area (Å²) in [6.45, 7) is 7.71. The zero-order valence-electron chi connectivity index (χ0n) is 8.22. The second-order valence-corrected chi connectivity index (χ2v) is 2.94. The highest BCUT2D eigenvalue weighted by atomic mass is 19.1. The van der Waals surface area contributed by atoms with Crippen LogP contribution in [-0.4, -0.2) is 24.5 Å². The summed E-state index contributed by atoms with van der Waals surface area (Å²) in [5.41, 5.74) is 0. The molecule has 0 atom stereocenters. The standard InChI is InChI=1S/C10H20FN/c1-3-9-12(4-2)10-7-5-6-8-11/h6,8H,3-5,7,9-10H2,1-2H3/b8-6+. The lowest BCUT2D eigenvalue weighted by Gasteiger charge is -2.18. The van der Waals surface area contributed by atoms with Crippen LogP contribution in [0.15, 0.2) is 12.4 Å². The Labute approximate surface area is 75.3 Å². The van der Waals surface area contributed by atoms with Gasteiger partial charge in [0.15, 0.2) is 0 Å². The van der Waals surface area contributed by atoms with E-state index in [2.05, 4.69) is 18.7 Å². The van der Waals surface area contributed by atoms with E-state index in [-0.39, 0.29) is 0 Å². The normalized spacial score (nSPS) is 11.7. The first kappa shape index (κ1) is 11.6. The maximum atomic E-state index is 11.6. The quantitative estimate of drug-likeness (QED) is 0.535. The van der Waals surface area contributed by atoms with Crippen molar-refractivity contribution < 1.29 is 4.39 Å². The number of unbranched alkanes of at least 4 members (excludes halogenated alkanes) is 1. The molecule has 0 aliphatic carbocycles. The Kier molecular flexibility index (Phi) is 8.46. The Morgan fingerprint density at radius 1 is 1.25 bits per heavy atom. The summed E-state index contributed by atoms with van der Waals surface area (Å²) in [4.78, 5) is 2.39. The third kappa shape index (κ3) is 6.35. The van der Waals surface area contributed by atoms with E-state index in [1.807, 2.05) is 0 Å². The Hall–Kier alpha value is -0.370. The molecule has 0 saturated heterocycles. The molecular weight excluding hydrogens is 153 g/mol. The SMILES string of the molecule is CCCN(CC)CCC/C=C/F. The molecule has 0 aliphatic rings. The highest BCUT2D eigenvalue weighted by molar-refractivity contribution is 4.72. The maximum Gasteiger partial charge on any atom is 0.0827 e. The van der Waals surface area contributed by atoms with Gasteiger partial charge in [-0.1, -0.05) is 19.9 Å². The molecule has 2 heteroatoms. The van der Waals surface area contributed by atoms with Crippen molar-refractivity contribution in [3.05, 3.63) is 12.4 Å². The fourth-order valence-electron chi connectivity index (χ4n) is 1.24. The van der Waals surface area contributed by atoms with Crippen molar-refractivity contribution in [2.45, 2.75) is 33.1 Å². The monoisotopic (exact) mass is 173 g/mol. The number of halogens is 1. The first-order valence-electron chi connectivity index (χ1n) is 4.82. The summed E-state index contributed by atoms with van der Waals surface area (Å²) in [6.07, 6.45) is 5.34. The zero-order valence-corrected chi connectivity index (χ0v) is 8.22. The first-order valence-corrected chi connectivity index (χ1v) is 4.82. The lowest BCUT2D eigenvalue weighted by Crippen LogP contribution is -2.25. The Bertz CT molecular complexity index is 112. The molecule has 0 radical (unpaired) electrons. The van der Waals surface area contributed by atoms with Gasteiger partial charge in [0.25, 0.3) is 0 Å². The van der Waals surface area contributed by atoms with E-state index in [1.165, 1.54) is 6.42 Å². The molecule has 1 nitrogen and oxygen atoms in total. The summed E-state index contributed by atoms with van der Waals surface area (Å²) in [7, 11) is 0. The van der Waals surface area contributed by atoms with Gasteiger partial charge in [-0.15, -0.1) is 0 Å². The molecule has 12 heavy (non-hydrogen) atoms. The van der Waals surface area contributed by atoms with Crippen LogP contribution in [-0.2, 0) is 0 Å². The molecule has 0 saturated carbocycles. The summed E-state index contributed by atoms with van der Waals surface area (Å²) in [5, 5.41) is 0. The van der Waals surface area contributed by atoms with Gasteiger partial charge in [0.05, 0.1) is 6.33 Å². The molecule has 0 bridgehead atoms. The van der Waals surface area contributed by atoms with Crippen LogP contribution >= 0.6 is 0 Å². The van der Waals surface area contributed by atoms with Crippen molar-refractivity contribution in [2.75, 3.05) is 19.6 Å². The fourth-order valence-corrected chi connectivity index (χ4v) is 1.24. The van der Waals surface area contributed by atoms with Gasteiger partial charge < -0.3 is 4.90 Å². The third-order valence-electron chi connectivity index (χ3n) is 1.92. The Balaban J connectivity index is 3.31. The lowest BCUT2D eigenvalue weighted by atomic mass is 10.3. The molecule has 0 N–H and O–H groups in total. The topological polar surface area (TPSA) is 3.24 Å². The van der Waals surface area contributed by atoms with Crippen molar-refractivity contribution in [1.29, 1.82) is 0 Å². The molecule has 0 unspecified atom stereocenters. The van der Waals surface area contributed by atoms with Crippen LogP contribution in [0.3, 0.4) is 0 Å². The summed E-state index contributed by atoms with van der Waals surface area (Å²) in [6, 6.07) is 0. The van der Waals surface area contributed by atoms with Crippen molar-refractivity contribution >= 4 is 0 Å². The highest BCUT2D eigenvalue weighted by Gasteiger charge is 1.98. The maximum absolute atomic E-state index is 11.6. The molecule has 0 amide bonds. The molecule has 0 aromatic rings. The van der Waals surface area contributed by atoms with Crippen molar-refractivity contribution in [3.63, 3.8) is 0 Å². The smallest absolute Gasteiger partial charge is 0.0827 e. The van der Waals surface area contributed by atoms with E-state index >= 15 is 0 Å². The molecule has 0 aromatic carbocycles. The van der Waals surface area contributed by atoms with E-state index < -0.39 is 0 Å². The van der Waals surface area contributed by atoms with Crippen molar-refractivity contribution in [1.82, 2.24) is 4.90 Å². The number of hydrogen-bond donors (Lipinski definition) is 0. The van der Waals surface area contributed by atoms with Gasteiger partial charge in [-0.25, -0.2) is 4.39 Å². The van der Waals surface area contributed by atoms with E-state index in [9.17, 15) is 4.39 Å². The predicted molar refractivity (Wildman–Crippen MR) is 51.9 cm³/mol. The van der Waals surface area contributed by atoms with Gasteiger partial charge in [-0.3, -0.25) is 0 Å². The van der Waals surface area contributed by atoms with Crippen molar-refractivity contribution in [3.8, 4) is 0 Å². The largest absolute Gasteiger partial charge is 0.304 e. The Morgan fingerprint density at radius 3 is 2.50 bits per heavy atom. The van der Waals surface area contributed by atoms with E-state index in [4.69, 9.17) is 0 Å². The van der Waals surface area contributed by atoms with E-state index in [0.717, 1.165) is 32.5 Å². The first-order chi connectivity index (χ1) is 5.85. The minimum atomic E-state index is 0.635. The van der Waals surface area contributed by atoms with Crippen LogP contribution in [0, 0.1) is 0 Å². The highest BCUT2D eigenvalue weighted by Crippen LogP contribution is 1.97. The molecule has 0 heterocycles. The number of allylic oxidation sites excluding steroid dienone is 1. The number of nitrogens with zero attached hydrogens (tertiary/aromatic N) is 1. The van der Waals surface area contributed by atoms with E-state index in [0.29, 0.717) is 6.33 Å². The number of hydrogen-bond acceptors (Lipinski definition) is 1. The molecule has 72 valence electrons. The third-order valence-corrected chi connectivity index (χ3v) is 1.92. The summed E-state index contributed by atoms with van der Waals surface area (Å²) in [5.74, 6) is 0.